The van der Waals surface area contributed by atoms with Crippen LogP contribution < -0.4 is 5.32 Å². The minimum absolute atomic E-state index is 0.188. The van der Waals surface area contributed by atoms with E-state index in [1.54, 1.807) is 11.3 Å². The van der Waals surface area contributed by atoms with Crippen LogP contribution >= 0.6 is 34.5 Å². The number of aryl methyl sites for hydroxylation is 1. The summed E-state index contributed by atoms with van der Waals surface area (Å²) < 4.78 is 0. The second kappa shape index (κ2) is 6.58. The minimum atomic E-state index is 0.188. The smallest absolute Gasteiger partial charge is 0.0468 e. The SMILES string of the molecule is CNC(CCc1cccs1)c1c(Cl)cccc1Cl. The first-order valence-electron chi connectivity index (χ1n) is 5.86. The highest BCUT2D eigenvalue weighted by Gasteiger charge is 2.16. The first kappa shape index (κ1) is 13.9. The van der Waals surface area contributed by atoms with Crippen molar-refractivity contribution in [1.29, 1.82) is 0 Å². The summed E-state index contributed by atoms with van der Waals surface area (Å²) in [6.45, 7) is 0. The molecule has 0 saturated carbocycles. The lowest BCUT2D eigenvalue weighted by Crippen LogP contribution is -2.17. The lowest BCUT2D eigenvalue weighted by molar-refractivity contribution is 0.552. The predicted molar refractivity (Wildman–Crippen MR) is 80.9 cm³/mol. The van der Waals surface area contributed by atoms with Crippen LogP contribution in [-0.2, 0) is 6.42 Å². The molecule has 96 valence electrons. The zero-order chi connectivity index (χ0) is 13.0. The van der Waals surface area contributed by atoms with Crippen molar-refractivity contribution in [2.24, 2.45) is 0 Å². The van der Waals surface area contributed by atoms with Gasteiger partial charge in [-0.05, 0) is 43.5 Å². The van der Waals surface area contributed by atoms with Crippen molar-refractivity contribution < 1.29 is 0 Å². The van der Waals surface area contributed by atoms with Crippen LogP contribution in [0.1, 0.15) is 22.9 Å². The molecule has 1 unspecified atom stereocenters. The Balaban J connectivity index is 2.13. The van der Waals surface area contributed by atoms with E-state index in [9.17, 15) is 0 Å². The third kappa shape index (κ3) is 3.27. The van der Waals surface area contributed by atoms with Crippen LogP contribution in [-0.4, -0.2) is 7.05 Å². The summed E-state index contributed by atoms with van der Waals surface area (Å²) >= 11 is 14.3. The van der Waals surface area contributed by atoms with E-state index in [0.717, 1.165) is 28.5 Å². The molecule has 1 N–H and O–H groups in total. The van der Waals surface area contributed by atoms with Crippen molar-refractivity contribution in [1.82, 2.24) is 5.32 Å². The molecule has 1 aromatic carbocycles. The molecule has 1 atom stereocenters. The highest BCUT2D eigenvalue weighted by Crippen LogP contribution is 2.32. The average Bonchev–Trinajstić information content (AvgIpc) is 2.86. The van der Waals surface area contributed by atoms with Crippen LogP contribution in [0.3, 0.4) is 0 Å². The van der Waals surface area contributed by atoms with Gasteiger partial charge in [-0.2, -0.15) is 0 Å². The number of rotatable bonds is 5. The number of hydrogen-bond donors (Lipinski definition) is 1. The molecule has 0 aliphatic rings. The Hall–Kier alpha value is -0.540. The van der Waals surface area contributed by atoms with Gasteiger partial charge in [0.25, 0.3) is 0 Å². The van der Waals surface area contributed by atoms with Crippen LogP contribution in [0.25, 0.3) is 0 Å². The molecule has 0 amide bonds. The zero-order valence-electron chi connectivity index (χ0n) is 10.1. The molecule has 0 bridgehead atoms. The number of halogens is 2. The fourth-order valence-corrected chi connectivity index (χ4v) is 3.40. The number of nitrogens with one attached hydrogen (secondary N) is 1. The van der Waals surface area contributed by atoms with Gasteiger partial charge in [0.1, 0.15) is 0 Å². The first-order valence-corrected chi connectivity index (χ1v) is 7.49. The largest absolute Gasteiger partial charge is 0.313 e. The van der Waals surface area contributed by atoms with Gasteiger partial charge in [0.15, 0.2) is 0 Å². The fourth-order valence-electron chi connectivity index (χ4n) is 2.02. The molecular formula is C14H15Cl2NS. The average molecular weight is 300 g/mol. The summed E-state index contributed by atoms with van der Waals surface area (Å²) in [6.07, 6.45) is 2.02. The third-order valence-electron chi connectivity index (χ3n) is 2.96. The Morgan fingerprint density at radius 3 is 2.44 bits per heavy atom. The molecule has 0 saturated heterocycles. The molecule has 1 heterocycles. The molecule has 18 heavy (non-hydrogen) atoms. The topological polar surface area (TPSA) is 12.0 Å². The van der Waals surface area contributed by atoms with Gasteiger partial charge >= 0.3 is 0 Å². The highest BCUT2D eigenvalue weighted by molar-refractivity contribution is 7.09. The predicted octanol–water partition coefficient (Wildman–Crippen LogP) is 4.95. The van der Waals surface area contributed by atoms with E-state index in [1.807, 2.05) is 25.2 Å². The molecule has 4 heteroatoms. The number of hydrogen-bond acceptors (Lipinski definition) is 2. The van der Waals surface area contributed by atoms with Crippen LogP contribution in [0.5, 0.6) is 0 Å². The summed E-state index contributed by atoms with van der Waals surface area (Å²) in [5.41, 5.74) is 1.000. The molecule has 0 aliphatic carbocycles. The van der Waals surface area contributed by atoms with Gasteiger partial charge in [-0.25, -0.2) is 0 Å². The fraction of sp³-hybridized carbons (Fsp3) is 0.286. The molecule has 1 aromatic heterocycles. The van der Waals surface area contributed by atoms with E-state index >= 15 is 0 Å². The molecule has 0 radical (unpaired) electrons. The van der Waals surface area contributed by atoms with E-state index in [0.29, 0.717) is 0 Å². The molecule has 2 aromatic rings. The van der Waals surface area contributed by atoms with Crippen LogP contribution in [0.15, 0.2) is 35.7 Å². The van der Waals surface area contributed by atoms with Crippen molar-refractivity contribution >= 4 is 34.5 Å². The van der Waals surface area contributed by atoms with E-state index in [1.165, 1.54) is 4.88 Å². The van der Waals surface area contributed by atoms with Crippen LogP contribution in [0, 0.1) is 0 Å². The van der Waals surface area contributed by atoms with Gasteiger partial charge in [0.2, 0.25) is 0 Å². The maximum Gasteiger partial charge on any atom is 0.0468 e. The van der Waals surface area contributed by atoms with Gasteiger partial charge < -0.3 is 5.32 Å². The second-order valence-corrected chi connectivity index (χ2v) is 5.94. The molecular weight excluding hydrogens is 285 g/mol. The lowest BCUT2D eigenvalue weighted by Gasteiger charge is -2.19. The summed E-state index contributed by atoms with van der Waals surface area (Å²) in [4.78, 5) is 1.39. The normalized spacial score (nSPS) is 12.6. The van der Waals surface area contributed by atoms with Crippen molar-refractivity contribution in [2.75, 3.05) is 7.05 Å². The Bertz CT molecular complexity index is 476. The van der Waals surface area contributed by atoms with E-state index in [4.69, 9.17) is 23.2 Å². The third-order valence-corrected chi connectivity index (χ3v) is 4.55. The quantitative estimate of drug-likeness (QED) is 0.824. The zero-order valence-corrected chi connectivity index (χ0v) is 12.4. The van der Waals surface area contributed by atoms with Gasteiger partial charge in [0.05, 0.1) is 0 Å². The number of benzene rings is 1. The van der Waals surface area contributed by atoms with Crippen molar-refractivity contribution in [3.63, 3.8) is 0 Å². The Morgan fingerprint density at radius 1 is 1.17 bits per heavy atom. The Labute approximate surface area is 122 Å². The van der Waals surface area contributed by atoms with Crippen LogP contribution in [0.2, 0.25) is 10.0 Å². The summed E-state index contributed by atoms with van der Waals surface area (Å²) in [5, 5.41) is 6.86. The molecule has 0 aliphatic heterocycles. The molecule has 2 rings (SSSR count). The summed E-state index contributed by atoms with van der Waals surface area (Å²) in [7, 11) is 1.94. The Morgan fingerprint density at radius 2 is 1.89 bits per heavy atom. The van der Waals surface area contributed by atoms with E-state index < -0.39 is 0 Å². The second-order valence-electron chi connectivity index (χ2n) is 4.09. The monoisotopic (exact) mass is 299 g/mol. The van der Waals surface area contributed by atoms with Crippen molar-refractivity contribution in [3.8, 4) is 0 Å². The van der Waals surface area contributed by atoms with E-state index in [2.05, 4.69) is 22.8 Å². The first-order chi connectivity index (χ1) is 8.72. The van der Waals surface area contributed by atoms with Gasteiger partial charge in [0, 0.05) is 26.5 Å². The standard InChI is InChI=1S/C14H15Cl2NS/c1-17-13(8-7-10-4-3-9-18-10)14-11(15)5-2-6-12(14)16/h2-6,9,13,17H,7-8H2,1H3. The van der Waals surface area contributed by atoms with Crippen molar-refractivity contribution in [2.45, 2.75) is 18.9 Å². The molecule has 0 fully saturated rings. The highest BCUT2D eigenvalue weighted by atomic mass is 35.5. The van der Waals surface area contributed by atoms with Gasteiger partial charge in [-0.3, -0.25) is 0 Å². The minimum Gasteiger partial charge on any atom is -0.313 e. The summed E-state index contributed by atoms with van der Waals surface area (Å²) in [5.74, 6) is 0. The van der Waals surface area contributed by atoms with E-state index in [-0.39, 0.29) is 6.04 Å². The molecule has 0 spiro atoms. The van der Waals surface area contributed by atoms with Crippen LogP contribution in [0.4, 0.5) is 0 Å². The summed E-state index contributed by atoms with van der Waals surface area (Å²) in [6, 6.07) is 10.1. The maximum atomic E-state index is 6.24. The maximum absolute atomic E-state index is 6.24. The molecule has 1 nitrogen and oxygen atoms in total. The van der Waals surface area contributed by atoms with Gasteiger partial charge in [-0.15, -0.1) is 11.3 Å². The van der Waals surface area contributed by atoms with Crippen molar-refractivity contribution in [3.05, 3.63) is 56.2 Å². The Kier molecular flexibility index (Phi) is 5.07. The lowest BCUT2D eigenvalue weighted by atomic mass is 10.0. The van der Waals surface area contributed by atoms with Gasteiger partial charge in [-0.1, -0.05) is 35.3 Å². The number of thiophene rings is 1.